The number of carboxylic acids is 1. The Bertz CT molecular complexity index is 845. The van der Waals surface area contributed by atoms with Gasteiger partial charge in [0, 0.05) is 17.3 Å². The first-order valence-electron chi connectivity index (χ1n) is 8.10. The van der Waals surface area contributed by atoms with E-state index in [2.05, 4.69) is 4.98 Å². The van der Waals surface area contributed by atoms with Crippen molar-refractivity contribution in [2.45, 2.75) is 38.0 Å². The summed E-state index contributed by atoms with van der Waals surface area (Å²) in [4.78, 5) is 14.1. The number of nitrogens with one attached hydrogen (secondary N) is 1. The molecule has 0 aliphatic heterocycles. The van der Waals surface area contributed by atoms with Gasteiger partial charge >= 0.3 is 18.3 Å². The number of aromatic carboxylic acids is 1. The molecule has 1 aliphatic carbocycles. The van der Waals surface area contributed by atoms with Crippen molar-refractivity contribution in [1.29, 1.82) is 0 Å². The molecule has 1 atom stereocenters. The van der Waals surface area contributed by atoms with Crippen molar-refractivity contribution < 1.29 is 36.2 Å². The average Bonchev–Trinajstić information content (AvgIpc) is 3.27. The lowest BCUT2D eigenvalue weighted by Crippen LogP contribution is -2.14. The molecule has 1 aliphatic rings. The highest BCUT2D eigenvalue weighted by Crippen LogP contribution is 2.48. The van der Waals surface area contributed by atoms with E-state index in [9.17, 15) is 31.1 Å². The zero-order valence-electron chi connectivity index (χ0n) is 14.0. The van der Waals surface area contributed by atoms with Crippen LogP contribution in [0.1, 0.15) is 57.2 Å². The highest BCUT2D eigenvalue weighted by atomic mass is 19.4. The molecular weight excluding hydrogens is 376 g/mol. The maximum Gasteiger partial charge on any atom is 0.416 e. The summed E-state index contributed by atoms with van der Waals surface area (Å²) < 4.78 is 78.8. The number of hydrogen-bond acceptors (Lipinski definition) is 1. The lowest BCUT2D eigenvalue weighted by Gasteiger charge is -2.20. The summed E-state index contributed by atoms with van der Waals surface area (Å²) in [6.07, 6.45) is -8.57. The van der Waals surface area contributed by atoms with Crippen molar-refractivity contribution in [3.05, 3.63) is 57.9 Å². The first-order chi connectivity index (χ1) is 12.4. The third kappa shape index (κ3) is 3.96. The fourth-order valence-electron chi connectivity index (χ4n) is 3.27. The van der Waals surface area contributed by atoms with Gasteiger partial charge in [-0.1, -0.05) is 0 Å². The first kappa shape index (κ1) is 19.3. The lowest BCUT2D eigenvalue weighted by molar-refractivity contribution is -0.143. The second kappa shape index (κ2) is 6.31. The van der Waals surface area contributed by atoms with Crippen LogP contribution in [-0.2, 0) is 12.4 Å². The number of aromatic amines is 1. The van der Waals surface area contributed by atoms with Gasteiger partial charge in [0.2, 0.25) is 0 Å². The second-order valence-corrected chi connectivity index (χ2v) is 6.72. The van der Waals surface area contributed by atoms with E-state index in [1.54, 1.807) is 0 Å². The number of hydrogen-bond donors (Lipinski definition) is 2. The van der Waals surface area contributed by atoms with Crippen LogP contribution in [0, 0.1) is 12.8 Å². The van der Waals surface area contributed by atoms with Crippen molar-refractivity contribution in [1.82, 2.24) is 4.98 Å². The summed E-state index contributed by atoms with van der Waals surface area (Å²) in [6, 6.07) is 2.81. The van der Waals surface area contributed by atoms with Gasteiger partial charge in [-0.25, -0.2) is 4.79 Å². The van der Waals surface area contributed by atoms with Gasteiger partial charge in [0.1, 0.15) is 0 Å². The molecule has 2 N–H and O–H groups in total. The van der Waals surface area contributed by atoms with Gasteiger partial charge < -0.3 is 10.1 Å². The molecule has 3 rings (SSSR count). The third-order valence-corrected chi connectivity index (χ3v) is 4.66. The van der Waals surface area contributed by atoms with E-state index < -0.39 is 35.4 Å². The van der Waals surface area contributed by atoms with E-state index in [1.165, 1.54) is 13.0 Å². The van der Waals surface area contributed by atoms with Gasteiger partial charge in [0.15, 0.2) is 0 Å². The van der Waals surface area contributed by atoms with Crippen LogP contribution in [0.5, 0.6) is 0 Å². The Hall–Kier alpha value is -2.45. The van der Waals surface area contributed by atoms with E-state index in [0.29, 0.717) is 24.2 Å². The molecule has 146 valence electrons. The standard InChI is InChI=1S/C18H15F6NO2/c1-8-13(16(26)27)7-14(25-8)15(9-2-3-9)10-4-11(17(19,20)21)6-12(5-10)18(22,23)24/h4-7,9,15,25H,2-3H2,1H3,(H,26,27)/t15-/m0/s1. The van der Waals surface area contributed by atoms with Gasteiger partial charge in [-0.15, -0.1) is 0 Å². The summed E-state index contributed by atoms with van der Waals surface area (Å²) in [5, 5.41) is 9.17. The number of carboxylic acid groups (broad SMARTS) is 1. The number of alkyl halides is 6. The predicted octanol–water partition coefficient (Wildman–Crippen LogP) is 5.60. The molecule has 0 unspecified atom stereocenters. The lowest BCUT2D eigenvalue weighted by atomic mass is 9.88. The Balaban J connectivity index is 2.16. The quantitative estimate of drug-likeness (QED) is 0.667. The topological polar surface area (TPSA) is 53.1 Å². The highest BCUT2D eigenvalue weighted by molar-refractivity contribution is 5.89. The minimum absolute atomic E-state index is 0.0568. The van der Waals surface area contributed by atoms with Crippen LogP contribution in [0.25, 0.3) is 0 Å². The number of halogens is 6. The Kier molecular flexibility index (Phi) is 4.52. The molecule has 1 heterocycles. The van der Waals surface area contributed by atoms with E-state index in [4.69, 9.17) is 5.11 Å². The molecule has 0 saturated heterocycles. The Labute approximate surface area is 150 Å². The maximum atomic E-state index is 13.1. The van der Waals surface area contributed by atoms with Crippen LogP contribution in [0.15, 0.2) is 24.3 Å². The smallest absolute Gasteiger partial charge is 0.416 e. The molecule has 27 heavy (non-hydrogen) atoms. The van der Waals surface area contributed by atoms with Gasteiger partial charge in [-0.3, -0.25) is 0 Å². The summed E-state index contributed by atoms with van der Waals surface area (Å²) in [7, 11) is 0. The minimum Gasteiger partial charge on any atom is -0.478 e. The van der Waals surface area contributed by atoms with Gasteiger partial charge in [-0.05, 0) is 55.5 Å². The van der Waals surface area contributed by atoms with Crippen molar-refractivity contribution >= 4 is 5.97 Å². The van der Waals surface area contributed by atoms with Crippen molar-refractivity contribution in [2.24, 2.45) is 5.92 Å². The fraction of sp³-hybridized carbons (Fsp3) is 0.389. The van der Waals surface area contributed by atoms with Crippen LogP contribution in [0.2, 0.25) is 0 Å². The molecule has 1 aromatic heterocycles. The third-order valence-electron chi connectivity index (χ3n) is 4.66. The normalized spacial score (nSPS) is 16.4. The number of carbonyl (C=O) groups is 1. The molecule has 1 saturated carbocycles. The molecular formula is C18H15F6NO2. The second-order valence-electron chi connectivity index (χ2n) is 6.72. The number of H-pyrrole nitrogens is 1. The van der Waals surface area contributed by atoms with Crippen molar-refractivity contribution in [2.75, 3.05) is 0 Å². The van der Waals surface area contributed by atoms with Crippen molar-refractivity contribution in [3.8, 4) is 0 Å². The largest absolute Gasteiger partial charge is 0.478 e. The molecule has 2 aromatic rings. The Morgan fingerprint density at radius 1 is 1.04 bits per heavy atom. The molecule has 1 fully saturated rings. The Morgan fingerprint density at radius 2 is 1.56 bits per heavy atom. The summed E-state index contributed by atoms with van der Waals surface area (Å²) in [6.45, 7) is 1.49. The van der Waals surface area contributed by atoms with Crippen LogP contribution in [0.4, 0.5) is 26.3 Å². The summed E-state index contributed by atoms with van der Waals surface area (Å²) >= 11 is 0. The number of benzene rings is 1. The molecule has 0 bridgehead atoms. The number of aromatic nitrogens is 1. The first-order valence-corrected chi connectivity index (χ1v) is 8.10. The molecule has 9 heteroatoms. The highest BCUT2D eigenvalue weighted by Gasteiger charge is 2.40. The summed E-state index contributed by atoms with van der Waals surface area (Å²) in [5.74, 6) is -2.13. The van der Waals surface area contributed by atoms with E-state index in [-0.39, 0.29) is 23.1 Å². The van der Waals surface area contributed by atoms with E-state index >= 15 is 0 Å². The van der Waals surface area contributed by atoms with Crippen molar-refractivity contribution in [3.63, 3.8) is 0 Å². The zero-order chi connectivity index (χ0) is 20.1. The average molecular weight is 391 g/mol. The van der Waals surface area contributed by atoms with Crippen LogP contribution in [-0.4, -0.2) is 16.1 Å². The zero-order valence-corrected chi connectivity index (χ0v) is 14.0. The molecule has 3 nitrogen and oxygen atoms in total. The monoisotopic (exact) mass is 391 g/mol. The van der Waals surface area contributed by atoms with Crippen LogP contribution >= 0.6 is 0 Å². The van der Waals surface area contributed by atoms with E-state index in [0.717, 1.165) is 12.1 Å². The number of rotatable bonds is 4. The number of aryl methyl sites for hydroxylation is 1. The SMILES string of the molecule is Cc1[nH]c([C@H](c2cc(C(F)(F)F)cc(C(F)(F)F)c2)C2CC2)cc1C(=O)O. The molecule has 1 aromatic carbocycles. The minimum atomic E-state index is -4.93. The molecule has 0 spiro atoms. The maximum absolute atomic E-state index is 13.1. The fourth-order valence-corrected chi connectivity index (χ4v) is 3.27. The van der Waals surface area contributed by atoms with Crippen LogP contribution < -0.4 is 0 Å². The van der Waals surface area contributed by atoms with E-state index in [1.807, 2.05) is 0 Å². The molecule has 0 radical (unpaired) electrons. The predicted molar refractivity (Wildman–Crippen MR) is 83.5 cm³/mol. The van der Waals surface area contributed by atoms with Gasteiger partial charge in [0.25, 0.3) is 0 Å². The molecule has 0 amide bonds. The van der Waals surface area contributed by atoms with Gasteiger partial charge in [-0.2, -0.15) is 26.3 Å². The Morgan fingerprint density at radius 3 is 1.93 bits per heavy atom. The van der Waals surface area contributed by atoms with Crippen LogP contribution in [0.3, 0.4) is 0 Å². The van der Waals surface area contributed by atoms with Gasteiger partial charge in [0.05, 0.1) is 16.7 Å². The summed E-state index contributed by atoms with van der Waals surface area (Å²) in [5.41, 5.74) is -2.33.